The van der Waals surface area contributed by atoms with Gasteiger partial charge in [0.2, 0.25) is 0 Å². The molecule has 0 aliphatic heterocycles. The Morgan fingerprint density at radius 2 is 1.56 bits per heavy atom. The molecule has 2 heteroatoms. The lowest BCUT2D eigenvalue weighted by Gasteiger charge is -1.93. The molecule has 0 aliphatic carbocycles. The van der Waals surface area contributed by atoms with E-state index in [-0.39, 0.29) is 5.82 Å². The van der Waals surface area contributed by atoms with Crippen molar-refractivity contribution in [2.24, 2.45) is 0 Å². The minimum atomic E-state index is -0.261. The van der Waals surface area contributed by atoms with Crippen LogP contribution in [0.2, 0.25) is 5.02 Å². The summed E-state index contributed by atoms with van der Waals surface area (Å²) in [7, 11) is 0. The van der Waals surface area contributed by atoms with Crippen molar-refractivity contribution in [2.75, 3.05) is 0 Å². The fourth-order valence-electron chi connectivity index (χ4n) is 1.24. The van der Waals surface area contributed by atoms with Gasteiger partial charge in [-0.15, -0.1) is 0 Å². The van der Waals surface area contributed by atoms with E-state index in [2.05, 4.69) is 11.8 Å². The molecule has 16 heavy (non-hydrogen) atoms. The fraction of sp³-hybridized carbons (Fsp3) is 0. The maximum Gasteiger partial charge on any atom is 0.123 e. The maximum absolute atomic E-state index is 12.6. The van der Waals surface area contributed by atoms with Crippen molar-refractivity contribution in [1.29, 1.82) is 0 Å². The molecule has 0 saturated carbocycles. The van der Waals surface area contributed by atoms with Crippen LogP contribution in [0.3, 0.4) is 0 Å². The lowest BCUT2D eigenvalue weighted by molar-refractivity contribution is 0.627. The van der Waals surface area contributed by atoms with E-state index < -0.39 is 0 Å². The predicted molar refractivity (Wildman–Crippen MR) is 63.8 cm³/mol. The number of hydrogen-bond acceptors (Lipinski definition) is 0. The molecule has 0 spiro atoms. The van der Waals surface area contributed by atoms with E-state index in [0.29, 0.717) is 5.02 Å². The van der Waals surface area contributed by atoms with E-state index in [9.17, 15) is 4.39 Å². The number of hydrogen-bond donors (Lipinski definition) is 0. The largest absolute Gasteiger partial charge is 0.207 e. The van der Waals surface area contributed by atoms with E-state index in [4.69, 9.17) is 11.6 Å². The lowest BCUT2D eigenvalue weighted by Crippen LogP contribution is -1.78. The van der Waals surface area contributed by atoms with Gasteiger partial charge < -0.3 is 0 Å². The highest BCUT2D eigenvalue weighted by atomic mass is 35.5. The van der Waals surface area contributed by atoms with Gasteiger partial charge in [0.15, 0.2) is 0 Å². The van der Waals surface area contributed by atoms with Crippen LogP contribution in [0.15, 0.2) is 48.5 Å². The summed E-state index contributed by atoms with van der Waals surface area (Å²) in [5.74, 6) is 5.61. The molecule has 0 unspecified atom stereocenters. The zero-order valence-corrected chi connectivity index (χ0v) is 9.13. The molecule has 0 heterocycles. The number of halogens is 2. The Kier molecular flexibility index (Phi) is 3.24. The molecule has 0 fully saturated rings. The standard InChI is InChI=1S/C14H8ClF/c15-14-4-2-1-3-12(14)8-5-11-6-9-13(16)10-7-11/h1-4,6-7,9-10H. The molecule has 0 nitrogen and oxygen atoms in total. The average Bonchev–Trinajstić information content (AvgIpc) is 2.30. The highest BCUT2D eigenvalue weighted by Crippen LogP contribution is 2.13. The highest BCUT2D eigenvalue weighted by Gasteiger charge is 1.93. The van der Waals surface area contributed by atoms with Crippen LogP contribution in [0.5, 0.6) is 0 Å². The SMILES string of the molecule is Fc1ccc(C#Cc2ccccc2Cl)cc1. The van der Waals surface area contributed by atoms with E-state index >= 15 is 0 Å². The Bertz CT molecular complexity index is 547. The van der Waals surface area contributed by atoms with Crippen LogP contribution in [0, 0.1) is 17.7 Å². The summed E-state index contributed by atoms with van der Waals surface area (Å²) < 4.78 is 12.6. The third kappa shape index (κ3) is 2.62. The zero-order valence-electron chi connectivity index (χ0n) is 8.37. The summed E-state index contributed by atoms with van der Waals surface area (Å²) in [6.07, 6.45) is 0. The third-order valence-corrected chi connectivity index (χ3v) is 2.39. The molecule has 0 radical (unpaired) electrons. The summed E-state index contributed by atoms with van der Waals surface area (Å²) in [6, 6.07) is 13.4. The summed E-state index contributed by atoms with van der Waals surface area (Å²) in [6.45, 7) is 0. The zero-order chi connectivity index (χ0) is 11.4. The monoisotopic (exact) mass is 230 g/mol. The average molecular weight is 231 g/mol. The second-order valence-corrected chi connectivity index (χ2v) is 3.64. The van der Waals surface area contributed by atoms with Crippen LogP contribution in [-0.4, -0.2) is 0 Å². The van der Waals surface area contributed by atoms with Gasteiger partial charge in [0.1, 0.15) is 5.82 Å². The molecule has 78 valence electrons. The van der Waals surface area contributed by atoms with E-state index in [1.807, 2.05) is 18.2 Å². The fourth-order valence-corrected chi connectivity index (χ4v) is 1.42. The smallest absolute Gasteiger partial charge is 0.123 e. The predicted octanol–water partition coefficient (Wildman–Crippen LogP) is 3.88. The maximum atomic E-state index is 12.6. The molecule has 0 aliphatic rings. The molecule has 0 aromatic heterocycles. The second kappa shape index (κ2) is 4.83. The first-order valence-electron chi connectivity index (χ1n) is 4.78. The molecule has 0 atom stereocenters. The number of benzene rings is 2. The van der Waals surface area contributed by atoms with Crippen LogP contribution >= 0.6 is 11.6 Å². The van der Waals surface area contributed by atoms with Gasteiger partial charge in [-0.3, -0.25) is 0 Å². The Morgan fingerprint density at radius 3 is 2.25 bits per heavy atom. The van der Waals surface area contributed by atoms with E-state index in [1.54, 1.807) is 18.2 Å². The minimum absolute atomic E-state index is 0.261. The van der Waals surface area contributed by atoms with Gasteiger partial charge in [0.25, 0.3) is 0 Å². The highest BCUT2D eigenvalue weighted by molar-refractivity contribution is 6.31. The third-order valence-electron chi connectivity index (χ3n) is 2.06. The summed E-state index contributed by atoms with van der Waals surface area (Å²) in [4.78, 5) is 0. The van der Waals surface area contributed by atoms with Gasteiger partial charge in [-0.25, -0.2) is 4.39 Å². The van der Waals surface area contributed by atoms with Gasteiger partial charge in [0, 0.05) is 11.1 Å². The first-order chi connectivity index (χ1) is 7.75. The van der Waals surface area contributed by atoms with E-state index in [0.717, 1.165) is 11.1 Å². The number of rotatable bonds is 0. The van der Waals surface area contributed by atoms with Crippen molar-refractivity contribution >= 4 is 11.6 Å². The van der Waals surface area contributed by atoms with Gasteiger partial charge in [-0.05, 0) is 36.4 Å². The van der Waals surface area contributed by atoms with Crippen molar-refractivity contribution in [3.05, 3.63) is 70.5 Å². The molecule has 2 aromatic carbocycles. The summed E-state index contributed by atoms with van der Waals surface area (Å²) in [5, 5.41) is 0.622. The molecule has 0 saturated heterocycles. The first kappa shape index (κ1) is 10.7. The molecule has 2 rings (SSSR count). The molecular weight excluding hydrogens is 223 g/mol. The van der Waals surface area contributed by atoms with Gasteiger partial charge >= 0.3 is 0 Å². The van der Waals surface area contributed by atoms with Crippen LogP contribution in [0.25, 0.3) is 0 Å². The lowest BCUT2D eigenvalue weighted by atomic mass is 10.2. The Morgan fingerprint density at radius 1 is 0.875 bits per heavy atom. The van der Waals surface area contributed by atoms with Crippen LogP contribution in [0.1, 0.15) is 11.1 Å². The van der Waals surface area contributed by atoms with Gasteiger partial charge in [-0.2, -0.15) is 0 Å². The normalized spacial score (nSPS) is 9.38. The molecule has 0 bridgehead atoms. The van der Waals surface area contributed by atoms with Crippen molar-refractivity contribution < 1.29 is 4.39 Å². The van der Waals surface area contributed by atoms with Gasteiger partial charge in [0.05, 0.1) is 5.02 Å². The topological polar surface area (TPSA) is 0 Å². The molecule has 0 amide bonds. The van der Waals surface area contributed by atoms with Crippen LogP contribution < -0.4 is 0 Å². The molecule has 0 N–H and O–H groups in total. The Balaban J connectivity index is 2.29. The van der Waals surface area contributed by atoms with Crippen molar-refractivity contribution in [3.8, 4) is 11.8 Å². The first-order valence-corrected chi connectivity index (χ1v) is 5.15. The van der Waals surface area contributed by atoms with E-state index in [1.165, 1.54) is 12.1 Å². The van der Waals surface area contributed by atoms with Gasteiger partial charge in [-0.1, -0.05) is 35.6 Å². The summed E-state index contributed by atoms with van der Waals surface area (Å²) >= 11 is 5.95. The Labute approximate surface area is 98.7 Å². The van der Waals surface area contributed by atoms with Crippen molar-refractivity contribution in [1.82, 2.24) is 0 Å². The van der Waals surface area contributed by atoms with Crippen molar-refractivity contribution in [2.45, 2.75) is 0 Å². The Hall–Kier alpha value is -1.78. The minimum Gasteiger partial charge on any atom is -0.207 e. The van der Waals surface area contributed by atoms with Crippen LogP contribution in [-0.2, 0) is 0 Å². The van der Waals surface area contributed by atoms with Crippen LogP contribution in [0.4, 0.5) is 4.39 Å². The molecular formula is C14H8ClF. The van der Waals surface area contributed by atoms with Crippen molar-refractivity contribution in [3.63, 3.8) is 0 Å². The second-order valence-electron chi connectivity index (χ2n) is 3.24. The molecule has 2 aromatic rings. The summed E-state index contributed by atoms with van der Waals surface area (Å²) in [5.41, 5.74) is 1.54. The quantitative estimate of drug-likeness (QED) is 0.603.